The number of benzene rings is 1. The number of carbonyl (C=O) groups excluding carboxylic acids is 1. The van der Waals surface area contributed by atoms with Gasteiger partial charge in [0, 0.05) is 36.9 Å². The zero-order valence-corrected chi connectivity index (χ0v) is 13.0. The Morgan fingerprint density at radius 3 is 3.10 bits per heavy atom. The van der Waals surface area contributed by atoms with Crippen molar-refractivity contribution in [2.45, 2.75) is 51.6 Å². The molecular weight excluding hydrogens is 262 g/mol. The second-order valence-electron chi connectivity index (χ2n) is 6.34. The Hall–Kier alpha value is -1.55. The van der Waals surface area contributed by atoms with E-state index in [9.17, 15) is 4.79 Å². The first-order valence-electron chi connectivity index (χ1n) is 8.04. The van der Waals surface area contributed by atoms with Gasteiger partial charge in [-0.25, -0.2) is 0 Å². The van der Waals surface area contributed by atoms with Crippen LogP contribution in [0.2, 0.25) is 0 Å². The number of hydrogen-bond acceptors (Lipinski definition) is 3. The van der Waals surface area contributed by atoms with Crippen molar-refractivity contribution in [3.63, 3.8) is 0 Å². The number of amides is 1. The van der Waals surface area contributed by atoms with Crippen LogP contribution in [0.4, 0.5) is 11.4 Å². The molecule has 0 radical (unpaired) electrons. The van der Waals surface area contributed by atoms with Crippen molar-refractivity contribution in [3.8, 4) is 0 Å². The third-order valence-corrected chi connectivity index (χ3v) is 4.57. The highest BCUT2D eigenvalue weighted by Gasteiger charge is 2.22. The van der Waals surface area contributed by atoms with E-state index in [1.165, 1.54) is 24.1 Å². The van der Waals surface area contributed by atoms with Crippen LogP contribution in [0.3, 0.4) is 0 Å². The number of hydrogen-bond donors (Lipinski definition) is 2. The molecule has 1 saturated heterocycles. The van der Waals surface area contributed by atoms with Gasteiger partial charge >= 0.3 is 0 Å². The lowest BCUT2D eigenvalue weighted by Crippen LogP contribution is -2.29. The van der Waals surface area contributed by atoms with E-state index in [4.69, 9.17) is 0 Å². The average Bonchev–Trinajstić information content (AvgIpc) is 3.06. The Kier molecular flexibility index (Phi) is 4.15. The third-order valence-electron chi connectivity index (χ3n) is 4.57. The first kappa shape index (κ1) is 14.4. The van der Waals surface area contributed by atoms with Gasteiger partial charge in [-0.1, -0.05) is 0 Å². The van der Waals surface area contributed by atoms with Crippen molar-refractivity contribution in [2.24, 2.45) is 0 Å². The van der Waals surface area contributed by atoms with E-state index in [-0.39, 0.29) is 5.91 Å². The summed E-state index contributed by atoms with van der Waals surface area (Å²) in [7, 11) is 0. The molecule has 1 amide bonds. The molecule has 1 aromatic carbocycles. The van der Waals surface area contributed by atoms with Gasteiger partial charge in [-0.15, -0.1) is 0 Å². The van der Waals surface area contributed by atoms with E-state index < -0.39 is 0 Å². The second-order valence-corrected chi connectivity index (χ2v) is 6.34. The van der Waals surface area contributed by atoms with Crippen LogP contribution >= 0.6 is 0 Å². The zero-order valence-electron chi connectivity index (χ0n) is 13.0. The molecule has 0 saturated carbocycles. The van der Waals surface area contributed by atoms with Gasteiger partial charge in [0.2, 0.25) is 5.91 Å². The maximum absolute atomic E-state index is 11.6. The highest BCUT2D eigenvalue weighted by Crippen LogP contribution is 2.30. The van der Waals surface area contributed by atoms with Crippen LogP contribution in [0.5, 0.6) is 0 Å². The van der Waals surface area contributed by atoms with Crippen LogP contribution in [0.15, 0.2) is 18.2 Å². The van der Waals surface area contributed by atoms with E-state index in [1.54, 1.807) is 6.92 Å². The largest absolute Gasteiger partial charge is 0.383 e. The summed E-state index contributed by atoms with van der Waals surface area (Å²) >= 11 is 0. The summed E-state index contributed by atoms with van der Waals surface area (Å²) in [4.78, 5) is 13.4. The Bertz CT molecular complexity index is 523. The molecule has 4 nitrogen and oxygen atoms in total. The molecule has 0 aromatic heterocycles. The molecule has 1 fully saturated rings. The SMILES string of the molecule is CC(=O)N1CCc2cc(NC(C)CC3CCCN3)ccc21. The van der Waals surface area contributed by atoms with Gasteiger partial charge in [-0.3, -0.25) is 4.79 Å². The quantitative estimate of drug-likeness (QED) is 0.894. The minimum absolute atomic E-state index is 0.134. The molecule has 0 aliphatic carbocycles. The zero-order chi connectivity index (χ0) is 14.8. The molecule has 2 unspecified atom stereocenters. The minimum Gasteiger partial charge on any atom is -0.383 e. The van der Waals surface area contributed by atoms with Crippen LogP contribution in [0.1, 0.15) is 38.7 Å². The Morgan fingerprint density at radius 1 is 1.52 bits per heavy atom. The molecule has 3 rings (SSSR count). The maximum Gasteiger partial charge on any atom is 0.223 e. The van der Waals surface area contributed by atoms with E-state index in [2.05, 4.69) is 35.8 Å². The summed E-state index contributed by atoms with van der Waals surface area (Å²) in [6, 6.07) is 7.50. The van der Waals surface area contributed by atoms with Crippen LogP contribution in [0, 0.1) is 0 Å². The van der Waals surface area contributed by atoms with Gasteiger partial charge in [-0.2, -0.15) is 0 Å². The fraction of sp³-hybridized carbons (Fsp3) is 0.588. The Morgan fingerprint density at radius 2 is 2.38 bits per heavy atom. The summed E-state index contributed by atoms with van der Waals surface area (Å²) in [6.45, 7) is 5.86. The average molecular weight is 287 g/mol. The lowest BCUT2D eigenvalue weighted by molar-refractivity contribution is -0.116. The number of carbonyl (C=O) groups is 1. The van der Waals surface area contributed by atoms with Gasteiger partial charge in [0.25, 0.3) is 0 Å². The van der Waals surface area contributed by atoms with Gasteiger partial charge in [0.1, 0.15) is 0 Å². The highest BCUT2D eigenvalue weighted by atomic mass is 16.2. The molecule has 2 atom stereocenters. The molecule has 1 aromatic rings. The first-order valence-corrected chi connectivity index (χ1v) is 8.04. The Labute approximate surface area is 126 Å². The van der Waals surface area contributed by atoms with E-state index in [0.717, 1.165) is 31.6 Å². The number of nitrogens with one attached hydrogen (secondary N) is 2. The third kappa shape index (κ3) is 3.21. The highest BCUT2D eigenvalue weighted by molar-refractivity contribution is 5.94. The molecule has 2 heterocycles. The fourth-order valence-electron chi connectivity index (χ4n) is 3.55. The molecule has 2 aliphatic rings. The van der Waals surface area contributed by atoms with Crippen molar-refractivity contribution in [2.75, 3.05) is 23.3 Å². The molecular formula is C17H25N3O. The first-order chi connectivity index (χ1) is 10.1. The van der Waals surface area contributed by atoms with Crippen LogP contribution in [-0.2, 0) is 11.2 Å². The lowest BCUT2D eigenvalue weighted by Gasteiger charge is -2.20. The summed E-state index contributed by atoms with van der Waals surface area (Å²) in [5.74, 6) is 0.134. The van der Waals surface area contributed by atoms with E-state index in [0.29, 0.717) is 12.1 Å². The van der Waals surface area contributed by atoms with Crippen molar-refractivity contribution >= 4 is 17.3 Å². The van der Waals surface area contributed by atoms with Gasteiger partial charge in [-0.05, 0) is 62.9 Å². The fourth-order valence-corrected chi connectivity index (χ4v) is 3.55. The summed E-state index contributed by atoms with van der Waals surface area (Å²) in [5.41, 5.74) is 3.53. The number of nitrogens with zero attached hydrogens (tertiary/aromatic N) is 1. The monoisotopic (exact) mass is 287 g/mol. The summed E-state index contributed by atoms with van der Waals surface area (Å²) in [5, 5.41) is 7.15. The predicted octanol–water partition coefficient (Wildman–Crippen LogP) is 2.54. The number of anilines is 2. The van der Waals surface area contributed by atoms with Crippen molar-refractivity contribution < 1.29 is 4.79 Å². The van der Waals surface area contributed by atoms with E-state index in [1.807, 2.05) is 4.90 Å². The molecule has 0 spiro atoms. The standard InChI is InChI=1S/C17H25N3O/c1-12(10-15-4-3-8-18-15)19-16-5-6-17-14(11-16)7-9-20(17)13(2)21/h5-6,11-12,15,18-19H,3-4,7-10H2,1-2H3. The smallest absolute Gasteiger partial charge is 0.223 e. The predicted molar refractivity (Wildman–Crippen MR) is 86.9 cm³/mol. The van der Waals surface area contributed by atoms with Crippen LogP contribution in [0.25, 0.3) is 0 Å². The maximum atomic E-state index is 11.6. The summed E-state index contributed by atoms with van der Waals surface area (Å²) in [6.07, 6.45) is 4.72. The number of rotatable bonds is 4. The lowest BCUT2D eigenvalue weighted by atomic mass is 10.1. The van der Waals surface area contributed by atoms with E-state index >= 15 is 0 Å². The van der Waals surface area contributed by atoms with Gasteiger partial charge in [0.05, 0.1) is 0 Å². The topological polar surface area (TPSA) is 44.4 Å². The van der Waals surface area contributed by atoms with Crippen LogP contribution < -0.4 is 15.5 Å². The molecule has 2 N–H and O–H groups in total. The van der Waals surface area contributed by atoms with Crippen molar-refractivity contribution in [1.82, 2.24) is 5.32 Å². The molecule has 4 heteroatoms. The van der Waals surface area contributed by atoms with Crippen molar-refractivity contribution in [3.05, 3.63) is 23.8 Å². The summed E-state index contributed by atoms with van der Waals surface area (Å²) < 4.78 is 0. The second kappa shape index (κ2) is 6.06. The van der Waals surface area contributed by atoms with Crippen LogP contribution in [-0.4, -0.2) is 31.1 Å². The molecule has 0 bridgehead atoms. The molecule has 2 aliphatic heterocycles. The van der Waals surface area contributed by atoms with Crippen molar-refractivity contribution in [1.29, 1.82) is 0 Å². The molecule has 21 heavy (non-hydrogen) atoms. The number of fused-ring (bicyclic) bond motifs is 1. The van der Waals surface area contributed by atoms with Gasteiger partial charge in [0.15, 0.2) is 0 Å². The Balaban J connectivity index is 1.63. The minimum atomic E-state index is 0.134. The molecule has 114 valence electrons. The van der Waals surface area contributed by atoms with Gasteiger partial charge < -0.3 is 15.5 Å². The normalized spacial score (nSPS) is 22.2.